The lowest BCUT2D eigenvalue weighted by Gasteiger charge is -2.41. The van der Waals surface area contributed by atoms with E-state index in [1.807, 2.05) is 31.2 Å². The quantitative estimate of drug-likeness (QED) is 0.704. The van der Waals surface area contributed by atoms with Crippen molar-refractivity contribution in [1.82, 2.24) is 0 Å². The minimum Gasteiger partial charge on any atom is -0.462 e. The van der Waals surface area contributed by atoms with Crippen molar-refractivity contribution in [2.45, 2.75) is 71.1 Å². The Labute approximate surface area is 172 Å². The molecule has 158 valence electrons. The fourth-order valence-electron chi connectivity index (χ4n) is 3.96. The van der Waals surface area contributed by atoms with Crippen LogP contribution < -0.4 is 4.74 Å². The summed E-state index contributed by atoms with van der Waals surface area (Å²) < 4.78 is 25.7. The van der Waals surface area contributed by atoms with Crippen LogP contribution in [0.5, 0.6) is 5.75 Å². The Balaban J connectivity index is 1.88. The molecule has 1 heterocycles. The van der Waals surface area contributed by atoms with E-state index in [0.29, 0.717) is 5.75 Å². The summed E-state index contributed by atoms with van der Waals surface area (Å²) in [5, 5.41) is 20.9. The normalized spacial score (nSPS) is 27.0. The second-order valence-corrected chi connectivity index (χ2v) is 7.87. The smallest absolute Gasteiger partial charge is 0.228 e. The van der Waals surface area contributed by atoms with Crippen LogP contribution in [0.15, 0.2) is 42.5 Å². The second-order valence-electron chi connectivity index (χ2n) is 7.87. The van der Waals surface area contributed by atoms with Gasteiger partial charge in [-0.1, -0.05) is 51.8 Å². The van der Waals surface area contributed by atoms with Gasteiger partial charge in [-0.25, -0.2) is 4.39 Å². The number of benzene rings is 2. The van der Waals surface area contributed by atoms with Crippen molar-refractivity contribution in [3.05, 3.63) is 53.8 Å². The fourth-order valence-corrected chi connectivity index (χ4v) is 3.96. The van der Waals surface area contributed by atoms with Crippen molar-refractivity contribution in [3.8, 4) is 16.9 Å². The van der Waals surface area contributed by atoms with Gasteiger partial charge in [0.2, 0.25) is 6.29 Å². The molecule has 2 N–H and O–H groups in total. The molecule has 5 atom stereocenters. The minimum absolute atomic E-state index is 0.167. The van der Waals surface area contributed by atoms with E-state index in [-0.39, 0.29) is 17.8 Å². The molecule has 0 bridgehead atoms. The van der Waals surface area contributed by atoms with Crippen molar-refractivity contribution >= 4 is 0 Å². The van der Waals surface area contributed by atoms with Crippen molar-refractivity contribution in [2.24, 2.45) is 5.92 Å². The molecular formula is C24H31FO4. The SMILES string of the molecule is CCCc1ccc(O[C@@H]2O[C@@H](CCC)[C@H](C)[C@@H](O)[C@H]2O)cc1-c1cccc(F)c1. The van der Waals surface area contributed by atoms with Gasteiger partial charge in [0.1, 0.15) is 17.7 Å². The van der Waals surface area contributed by atoms with E-state index in [1.165, 1.54) is 12.1 Å². The van der Waals surface area contributed by atoms with Gasteiger partial charge in [-0.2, -0.15) is 0 Å². The number of ether oxygens (including phenoxy) is 2. The highest BCUT2D eigenvalue weighted by Gasteiger charge is 2.43. The van der Waals surface area contributed by atoms with Gasteiger partial charge in [-0.05, 0) is 53.8 Å². The molecule has 1 aliphatic rings. The third-order valence-corrected chi connectivity index (χ3v) is 5.62. The van der Waals surface area contributed by atoms with E-state index in [4.69, 9.17) is 9.47 Å². The lowest BCUT2D eigenvalue weighted by Crippen LogP contribution is -2.55. The van der Waals surface area contributed by atoms with E-state index in [9.17, 15) is 14.6 Å². The average Bonchev–Trinajstić information content (AvgIpc) is 2.71. The maximum Gasteiger partial charge on any atom is 0.228 e. The topological polar surface area (TPSA) is 58.9 Å². The predicted molar refractivity (Wildman–Crippen MR) is 111 cm³/mol. The zero-order valence-electron chi connectivity index (χ0n) is 17.3. The Kier molecular flexibility index (Phi) is 7.28. The van der Waals surface area contributed by atoms with Gasteiger partial charge in [0.15, 0.2) is 0 Å². The maximum atomic E-state index is 13.8. The van der Waals surface area contributed by atoms with Crippen molar-refractivity contribution in [1.29, 1.82) is 0 Å². The molecular weight excluding hydrogens is 371 g/mol. The highest BCUT2D eigenvalue weighted by atomic mass is 19.1. The molecule has 1 aliphatic heterocycles. The molecule has 29 heavy (non-hydrogen) atoms. The molecule has 1 saturated heterocycles. The molecule has 0 aliphatic carbocycles. The zero-order chi connectivity index (χ0) is 21.0. The van der Waals surface area contributed by atoms with E-state index < -0.39 is 18.5 Å². The molecule has 3 rings (SSSR count). The van der Waals surface area contributed by atoms with Crippen LogP contribution in [0.4, 0.5) is 4.39 Å². The third-order valence-electron chi connectivity index (χ3n) is 5.62. The first-order valence-corrected chi connectivity index (χ1v) is 10.5. The van der Waals surface area contributed by atoms with Gasteiger partial charge in [-0.15, -0.1) is 0 Å². The molecule has 4 nitrogen and oxygen atoms in total. The number of rotatable bonds is 7. The second kappa shape index (κ2) is 9.70. The fraction of sp³-hybridized carbons (Fsp3) is 0.500. The Morgan fingerprint density at radius 1 is 1.03 bits per heavy atom. The summed E-state index contributed by atoms with van der Waals surface area (Å²) in [5.74, 6) is 0.0616. The predicted octanol–water partition coefficient (Wildman–Crippen LogP) is 4.71. The van der Waals surface area contributed by atoms with E-state index in [1.54, 1.807) is 6.07 Å². The zero-order valence-corrected chi connectivity index (χ0v) is 17.3. The standard InChI is InChI=1S/C24H31FO4/c1-4-7-16-11-12-19(14-20(16)17-9-6-10-18(25)13-17)28-24-23(27)22(26)15(3)21(29-24)8-5-2/h6,9-15,21-24,26-27H,4-5,7-8H2,1-3H3/t15-,21-,22+,23+,24+/m0/s1. The number of hydrogen-bond acceptors (Lipinski definition) is 4. The Bertz CT molecular complexity index is 809. The molecule has 0 radical (unpaired) electrons. The highest BCUT2D eigenvalue weighted by molar-refractivity contribution is 5.69. The van der Waals surface area contributed by atoms with Gasteiger partial charge < -0.3 is 19.7 Å². The first kappa shape index (κ1) is 21.8. The molecule has 5 heteroatoms. The highest BCUT2D eigenvalue weighted by Crippen LogP contribution is 2.33. The van der Waals surface area contributed by atoms with Gasteiger partial charge in [0, 0.05) is 5.92 Å². The van der Waals surface area contributed by atoms with Crippen LogP contribution in [0, 0.1) is 11.7 Å². The summed E-state index contributed by atoms with van der Waals surface area (Å²) in [4.78, 5) is 0. The summed E-state index contributed by atoms with van der Waals surface area (Å²) in [6.45, 7) is 6.04. The molecule has 0 unspecified atom stereocenters. The van der Waals surface area contributed by atoms with E-state index in [2.05, 4.69) is 13.8 Å². The van der Waals surface area contributed by atoms with Crippen molar-refractivity contribution in [2.75, 3.05) is 0 Å². The number of aliphatic hydroxyl groups is 2. The van der Waals surface area contributed by atoms with Gasteiger partial charge >= 0.3 is 0 Å². The third kappa shape index (κ3) is 4.97. The molecule has 0 saturated carbocycles. The van der Waals surface area contributed by atoms with Gasteiger partial charge in [-0.3, -0.25) is 0 Å². The Morgan fingerprint density at radius 3 is 2.52 bits per heavy atom. The number of aliphatic hydroxyl groups excluding tert-OH is 2. The van der Waals surface area contributed by atoms with Crippen LogP contribution in [-0.2, 0) is 11.2 Å². The number of aryl methyl sites for hydroxylation is 1. The summed E-state index contributed by atoms with van der Waals surface area (Å²) >= 11 is 0. The van der Waals surface area contributed by atoms with E-state index in [0.717, 1.165) is 42.4 Å². The summed E-state index contributed by atoms with van der Waals surface area (Å²) in [7, 11) is 0. The lowest BCUT2D eigenvalue weighted by atomic mass is 9.88. The van der Waals surface area contributed by atoms with Crippen LogP contribution >= 0.6 is 0 Å². The molecule has 0 aromatic heterocycles. The van der Waals surface area contributed by atoms with Crippen LogP contribution in [0.25, 0.3) is 11.1 Å². The minimum atomic E-state index is -1.13. The average molecular weight is 403 g/mol. The number of hydrogen-bond donors (Lipinski definition) is 2. The van der Waals surface area contributed by atoms with Gasteiger partial charge in [0.25, 0.3) is 0 Å². The monoisotopic (exact) mass is 402 g/mol. The molecule has 0 spiro atoms. The number of halogens is 1. The van der Waals surface area contributed by atoms with Crippen molar-refractivity contribution in [3.63, 3.8) is 0 Å². The summed E-state index contributed by atoms with van der Waals surface area (Å²) in [6.07, 6.45) is 0.368. The van der Waals surface area contributed by atoms with Crippen LogP contribution in [0.3, 0.4) is 0 Å². The first-order chi connectivity index (χ1) is 13.9. The summed E-state index contributed by atoms with van der Waals surface area (Å²) in [6, 6.07) is 12.2. The molecule has 0 amide bonds. The van der Waals surface area contributed by atoms with Crippen LogP contribution in [0.1, 0.15) is 45.6 Å². The largest absolute Gasteiger partial charge is 0.462 e. The van der Waals surface area contributed by atoms with E-state index >= 15 is 0 Å². The molecule has 1 fully saturated rings. The lowest BCUT2D eigenvalue weighted by molar-refractivity contribution is -0.256. The van der Waals surface area contributed by atoms with Gasteiger partial charge in [0.05, 0.1) is 12.2 Å². The molecule has 2 aromatic rings. The van der Waals surface area contributed by atoms with Crippen molar-refractivity contribution < 1.29 is 24.1 Å². The Hall–Kier alpha value is -1.95. The summed E-state index contributed by atoms with van der Waals surface area (Å²) in [5.41, 5.74) is 2.78. The first-order valence-electron chi connectivity index (χ1n) is 10.5. The Morgan fingerprint density at radius 2 is 1.83 bits per heavy atom. The van der Waals surface area contributed by atoms with Crippen LogP contribution in [-0.4, -0.2) is 34.8 Å². The van der Waals surface area contributed by atoms with Crippen LogP contribution in [0.2, 0.25) is 0 Å². The maximum absolute atomic E-state index is 13.8. The molecule has 2 aromatic carbocycles.